The van der Waals surface area contributed by atoms with Gasteiger partial charge in [-0.2, -0.15) is 0 Å². The number of carbonyl (C=O) groups excluding carboxylic acids is 1. The standard InChI is InChI=1S/C11H14ClNO3S/c1-6-3-4-8(11(12)13-6)10(16)9(15)5-17-7(2)14/h3-4,9-10,15-16H,5H2,1-2H3. The van der Waals surface area contributed by atoms with Gasteiger partial charge in [-0.25, -0.2) is 4.98 Å². The van der Waals surface area contributed by atoms with Gasteiger partial charge in [0.15, 0.2) is 5.12 Å². The van der Waals surface area contributed by atoms with E-state index in [0.717, 1.165) is 17.5 Å². The zero-order valence-corrected chi connectivity index (χ0v) is 11.1. The molecular weight excluding hydrogens is 262 g/mol. The zero-order chi connectivity index (χ0) is 13.0. The van der Waals surface area contributed by atoms with E-state index in [2.05, 4.69) is 4.98 Å². The van der Waals surface area contributed by atoms with E-state index in [0.29, 0.717) is 5.56 Å². The lowest BCUT2D eigenvalue weighted by molar-refractivity contribution is -0.109. The molecule has 17 heavy (non-hydrogen) atoms. The van der Waals surface area contributed by atoms with Gasteiger partial charge in [0.25, 0.3) is 0 Å². The molecule has 6 heteroatoms. The van der Waals surface area contributed by atoms with Crippen molar-refractivity contribution in [2.75, 3.05) is 5.75 Å². The highest BCUT2D eigenvalue weighted by Crippen LogP contribution is 2.25. The fourth-order valence-electron chi connectivity index (χ4n) is 1.26. The van der Waals surface area contributed by atoms with Crippen molar-refractivity contribution in [2.24, 2.45) is 0 Å². The molecule has 0 aliphatic carbocycles. The van der Waals surface area contributed by atoms with Crippen molar-refractivity contribution in [3.8, 4) is 0 Å². The second-order valence-corrected chi connectivity index (χ2v) is 5.20. The average Bonchev–Trinajstić information content (AvgIpc) is 2.25. The molecule has 1 heterocycles. The third-order valence-corrected chi connectivity index (χ3v) is 3.37. The molecule has 0 aromatic carbocycles. The first-order valence-electron chi connectivity index (χ1n) is 5.04. The number of aryl methyl sites for hydroxylation is 1. The minimum atomic E-state index is -1.14. The van der Waals surface area contributed by atoms with Crippen LogP contribution in [0.5, 0.6) is 0 Å². The summed E-state index contributed by atoms with van der Waals surface area (Å²) >= 11 is 6.83. The van der Waals surface area contributed by atoms with Crippen LogP contribution in [0.25, 0.3) is 0 Å². The SMILES string of the molecule is CC(=O)SCC(O)C(O)c1ccc(C)nc1Cl. The van der Waals surface area contributed by atoms with Gasteiger partial charge in [-0.05, 0) is 13.0 Å². The fraction of sp³-hybridized carbons (Fsp3) is 0.455. The second-order valence-electron chi connectivity index (χ2n) is 3.65. The maximum Gasteiger partial charge on any atom is 0.185 e. The Morgan fingerprint density at radius 3 is 2.71 bits per heavy atom. The van der Waals surface area contributed by atoms with E-state index in [1.54, 1.807) is 19.1 Å². The van der Waals surface area contributed by atoms with Crippen LogP contribution in [0.4, 0.5) is 0 Å². The Morgan fingerprint density at radius 2 is 2.18 bits per heavy atom. The minimum absolute atomic E-state index is 0.107. The largest absolute Gasteiger partial charge is 0.389 e. The Hall–Kier alpha value is -0.620. The molecule has 0 radical (unpaired) electrons. The van der Waals surface area contributed by atoms with E-state index in [4.69, 9.17) is 11.6 Å². The molecule has 2 unspecified atom stereocenters. The number of rotatable bonds is 4. The predicted molar refractivity (Wildman–Crippen MR) is 68.1 cm³/mol. The smallest absolute Gasteiger partial charge is 0.185 e. The van der Waals surface area contributed by atoms with E-state index in [1.807, 2.05) is 0 Å². The molecule has 2 N–H and O–H groups in total. The molecule has 4 nitrogen and oxygen atoms in total. The lowest BCUT2D eigenvalue weighted by Gasteiger charge is -2.18. The van der Waals surface area contributed by atoms with Crippen LogP contribution < -0.4 is 0 Å². The lowest BCUT2D eigenvalue weighted by atomic mass is 10.1. The van der Waals surface area contributed by atoms with Crippen LogP contribution in [0.15, 0.2) is 12.1 Å². The topological polar surface area (TPSA) is 70.4 Å². The van der Waals surface area contributed by atoms with Gasteiger partial charge in [0, 0.05) is 23.9 Å². The number of halogens is 1. The fourth-order valence-corrected chi connectivity index (χ4v) is 2.15. The molecular formula is C11H14ClNO3S. The highest BCUT2D eigenvalue weighted by molar-refractivity contribution is 8.13. The molecule has 0 spiro atoms. The Kier molecular flexibility index (Phi) is 5.39. The minimum Gasteiger partial charge on any atom is -0.389 e. The van der Waals surface area contributed by atoms with Crippen LogP contribution in [-0.4, -0.2) is 32.2 Å². The van der Waals surface area contributed by atoms with Crippen molar-refractivity contribution in [2.45, 2.75) is 26.1 Å². The maximum atomic E-state index is 10.8. The van der Waals surface area contributed by atoms with Crippen molar-refractivity contribution in [1.82, 2.24) is 4.98 Å². The maximum absolute atomic E-state index is 10.8. The van der Waals surface area contributed by atoms with Crippen molar-refractivity contribution in [3.63, 3.8) is 0 Å². The molecule has 1 aromatic heterocycles. The lowest BCUT2D eigenvalue weighted by Crippen LogP contribution is -2.22. The van der Waals surface area contributed by atoms with E-state index in [1.165, 1.54) is 6.92 Å². The third-order valence-electron chi connectivity index (χ3n) is 2.16. The number of carbonyl (C=O) groups is 1. The summed E-state index contributed by atoms with van der Waals surface area (Å²) in [7, 11) is 0. The first kappa shape index (κ1) is 14.4. The summed E-state index contributed by atoms with van der Waals surface area (Å²) in [6, 6.07) is 3.33. The number of thioether (sulfide) groups is 1. The summed E-state index contributed by atoms with van der Waals surface area (Å²) in [6.45, 7) is 3.19. The molecule has 0 saturated carbocycles. The Morgan fingerprint density at radius 1 is 1.53 bits per heavy atom. The Balaban J connectivity index is 2.74. The van der Waals surface area contributed by atoms with Gasteiger partial charge in [0.1, 0.15) is 11.3 Å². The molecule has 0 saturated heterocycles. The molecule has 0 aliphatic heterocycles. The van der Waals surface area contributed by atoms with Gasteiger partial charge in [0.2, 0.25) is 0 Å². The van der Waals surface area contributed by atoms with E-state index < -0.39 is 12.2 Å². The number of aliphatic hydroxyl groups is 2. The summed E-state index contributed by atoms with van der Waals surface area (Å²) in [5, 5.41) is 19.6. The van der Waals surface area contributed by atoms with E-state index in [-0.39, 0.29) is 16.0 Å². The summed E-state index contributed by atoms with van der Waals surface area (Å²) in [5.74, 6) is 0.126. The molecule has 1 aromatic rings. The number of nitrogens with zero attached hydrogens (tertiary/aromatic N) is 1. The summed E-state index contributed by atoms with van der Waals surface area (Å²) in [6.07, 6.45) is -2.19. The molecule has 2 atom stereocenters. The first-order valence-corrected chi connectivity index (χ1v) is 6.40. The quantitative estimate of drug-likeness (QED) is 0.819. The van der Waals surface area contributed by atoms with Crippen LogP contribution in [0.1, 0.15) is 24.3 Å². The second kappa shape index (κ2) is 6.35. The molecule has 0 bridgehead atoms. The predicted octanol–water partition coefficient (Wildman–Crippen LogP) is 1.72. The molecule has 0 aliphatic rings. The first-order chi connectivity index (χ1) is 7.91. The van der Waals surface area contributed by atoms with E-state index >= 15 is 0 Å². The van der Waals surface area contributed by atoms with Gasteiger partial charge >= 0.3 is 0 Å². The summed E-state index contributed by atoms with van der Waals surface area (Å²) in [5.41, 5.74) is 1.10. The highest BCUT2D eigenvalue weighted by atomic mass is 35.5. The molecule has 1 rings (SSSR count). The third kappa shape index (κ3) is 4.27. The number of hydrogen-bond donors (Lipinski definition) is 2. The number of aromatic nitrogens is 1. The molecule has 0 fully saturated rings. The van der Waals surface area contributed by atoms with Crippen LogP contribution in [0.2, 0.25) is 5.15 Å². The summed E-state index contributed by atoms with van der Waals surface area (Å²) in [4.78, 5) is 14.7. The van der Waals surface area contributed by atoms with Gasteiger partial charge in [-0.3, -0.25) is 4.79 Å². The van der Waals surface area contributed by atoms with Crippen LogP contribution in [-0.2, 0) is 4.79 Å². The molecule has 94 valence electrons. The monoisotopic (exact) mass is 275 g/mol. The van der Waals surface area contributed by atoms with Gasteiger partial charge in [-0.1, -0.05) is 29.4 Å². The molecule has 0 amide bonds. The normalized spacial score (nSPS) is 14.4. The average molecular weight is 276 g/mol. The van der Waals surface area contributed by atoms with Gasteiger partial charge in [-0.15, -0.1) is 0 Å². The van der Waals surface area contributed by atoms with Gasteiger partial charge in [0.05, 0.1) is 6.10 Å². The van der Waals surface area contributed by atoms with Crippen LogP contribution in [0, 0.1) is 6.92 Å². The van der Waals surface area contributed by atoms with Crippen molar-refractivity contribution >= 4 is 28.5 Å². The van der Waals surface area contributed by atoms with E-state index in [9.17, 15) is 15.0 Å². The van der Waals surface area contributed by atoms with Crippen molar-refractivity contribution < 1.29 is 15.0 Å². The van der Waals surface area contributed by atoms with Crippen LogP contribution in [0.3, 0.4) is 0 Å². The zero-order valence-electron chi connectivity index (χ0n) is 9.55. The Bertz CT molecular complexity index is 414. The number of hydrogen-bond acceptors (Lipinski definition) is 5. The summed E-state index contributed by atoms with van der Waals surface area (Å²) < 4.78 is 0. The van der Waals surface area contributed by atoms with Crippen molar-refractivity contribution in [1.29, 1.82) is 0 Å². The van der Waals surface area contributed by atoms with Crippen LogP contribution >= 0.6 is 23.4 Å². The number of pyridine rings is 1. The van der Waals surface area contributed by atoms with Gasteiger partial charge < -0.3 is 10.2 Å². The Labute approximate surface area is 109 Å². The highest BCUT2D eigenvalue weighted by Gasteiger charge is 2.21. The number of aliphatic hydroxyl groups excluding tert-OH is 2. The van der Waals surface area contributed by atoms with Crippen molar-refractivity contribution in [3.05, 3.63) is 28.5 Å².